The van der Waals surface area contributed by atoms with Crippen LogP contribution in [0.2, 0.25) is 5.02 Å². The molecule has 3 fully saturated rings. The minimum absolute atomic E-state index is 0.0813. The van der Waals surface area contributed by atoms with Crippen LogP contribution < -0.4 is 21.1 Å². The Hall–Kier alpha value is -2.34. The van der Waals surface area contributed by atoms with Crippen molar-refractivity contribution in [3.63, 3.8) is 0 Å². The Bertz CT molecular complexity index is 988. The number of carbonyl (C=O) groups is 2. The molecule has 4 atom stereocenters. The number of halogens is 4. The monoisotopic (exact) mass is 470 g/mol. The number of hydrazine groups is 1. The lowest BCUT2D eigenvalue weighted by Crippen LogP contribution is -2.67. The van der Waals surface area contributed by atoms with Gasteiger partial charge >= 0.3 is 6.18 Å². The largest absolute Gasteiger partial charge is 0.416 e. The van der Waals surface area contributed by atoms with Crippen molar-refractivity contribution in [3.05, 3.63) is 40.6 Å². The normalized spacial score (nSPS) is 30.3. The molecule has 3 saturated heterocycles. The van der Waals surface area contributed by atoms with Crippen LogP contribution in [0.3, 0.4) is 0 Å². The minimum atomic E-state index is -4.49. The van der Waals surface area contributed by atoms with E-state index in [1.807, 2.05) is 4.90 Å². The number of nitrogens with one attached hydrogen (secondary N) is 3. The van der Waals surface area contributed by atoms with E-state index in [-0.39, 0.29) is 16.8 Å². The number of carbonyl (C=O) groups excluding carboxylic acids is 2. The van der Waals surface area contributed by atoms with Gasteiger partial charge in [0, 0.05) is 39.3 Å². The van der Waals surface area contributed by atoms with Crippen LogP contribution in [0.4, 0.5) is 18.9 Å². The molecular formula is C20H22ClF3N6O2. The molecule has 0 radical (unpaired) electrons. The number of benzene rings is 1. The maximum Gasteiger partial charge on any atom is 0.416 e. The molecule has 0 spiro atoms. The molecular weight excluding hydrogens is 449 g/mol. The van der Waals surface area contributed by atoms with Gasteiger partial charge in [-0.3, -0.25) is 24.8 Å². The summed E-state index contributed by atoms with van der Waals surface area (Å²) in [5.74, 6) is 0.559. The fraction of sp³-hybridized carbons (Fsp3) is 0.500. The number of anilines is 1. The average molecular weight is 471 g/mol. The lowest BCUT2D eigenvalue weighted by Gasteiger charge is -2.37. The summed E-state index contributed by atoms with van der Waals surface area (Å²) in [5, 5.41) is 7.66. The van der Waals surface area contributed by atoms with Crippen LogP contribution in [0, 0.1) is 11.8 Å². The Balaban J connectivity index is 1.26. The zero-order chi connectivity index (χ0) is 22.8. The molecule has 12 heteroatoms. The second-order valence-electron chi connectivity index (χ2n) is 8.62. The molecule has 4 heterocycles. The summed E-state index contributed by atoms with van der Waals surface area (Å²) in [6.45, 7) is 4.55. The fourth-order valence-corrected chi connectivity index (χ4v) is 5.17. The minimum Gasteiger partial charge on any atom is -0.342 e. The second-order valence-corrected chi connectivity index (χ2v) is 9.03. The van der Waals surface area contributed by atoms with Crippen molar-refractivity contribution in [1.82, 2.24) is 25.9 Å². The zero-order valence-electron chi connectivity index (χ0n) is 17.1. The van der Waals surface area contributed by atoms with E-state index in [4.69, 9.17) is 11.6 Å². The summed E-state index contributed by atoms with van der Waals surface area (Å²) >= 11 is 6.10. The number of hydrogen-bond donors (Lipinski definition) is 3. The highest BCUT2D eigenvalue weighted by molar-refractivity contribution is 6.33. The molecule has 3 N–H and O–H groups in total. The van der Waals surface area contributed by atoms with E-state index in [1.165, 1.54) is 17.3 Å². The van der Waals surface area contributed by atoms with Gasteiger partial charge in [0.05, 0.1) is 21.8 Å². The molecule has 0 aromatic heterocycles. The van der Waals surface area contributed by atoms with Crippen LogP contribution in [0.25, 0.3) is 0 Å². The molecule has 0 bridgehead atoms. The summed E-state index contributed by atoms with van der Waals surface area (Å²) in [4.78, 5) is 28.4. The Morgan fingerprint density at radius 1 is 1.16 bits per heavy atom. The van der Waals surface area contributed by atoms with Gasteiger partial charge in [0.15, 0.2) is 0 Å². The molecule has 4 unspecified atom stereocenters. The van der Waals surface area contributed by atoms with Crippen LogP contribution in [-0.4, -0.2) is 60.2 Å². The van der Waals surface area contributed by atoms with Crippen molar-refractivity contribution in [3.8, 4) is 0 Å². The van der Waals surface area contributed by atoms with Crippen LogP contribution in [0.5, 0.6) is 0 Å². The summed E-state index contributed by atoms with van der Waals surface area (Å²) in [6, 6.07) is 3.08. The van der Waals surface area contributed by atoms with Crippen LogP contribution in [0.15, 0.2) is 30.0 Å². The summed E-state index contributed by atoms with van der Waals surface area (Å²) < 4.78 is 38.8. The number of amides is 2. The number of hydrogen-bond acceptors (Lipinski definition) is 6. The standard InChI is InChI=1S/C20H22ClF3N6O2/c1-10(31)28-5-11-7-29(8-12(11)6-28)19-25-17-14(18(32)26-19)9-30(27-17)16-3-2-13(4-15(16)21)20(22,23)24/h2-4,9,11-12,17,19,25,27H,5-8H2,1H3,(H,26,32). The van der Waals surface area contributed by atoms with Crippen LogP contribution >= 0.6 is 11.6 Å². The molecule has 0 aliphatic carbocycles. The van der Waals surface area contributed by atoms with Crippen molar-refractivity contribution in [2.45, 2.75) is 25.6 Å². The van der Waals surface area contributed by atoms with Crippen molar-refractivity contribution < 1.29 is 22.8 Å². The molecule has 1 aromatic rings. The van der Waals surface area contributed by atoms with E-state index in [0.717, 1.165) is 38.3 Å². The quantitative estimate of drug-likeness (QED) is 0.605. The second kappa shape index (κ2) is 7.62. The van der Waals surface area contributed by atoms with E-state index < -0.39 is 24.2 Å². The average Bonchev–Trinajstić information content (AvgIpc) is 3.39. The van der Waals surface area contributed by atoms with E-state index in [2.05, 4.69) is 21.0 Å². The molecule has 172 valence electrons. The molecule has 4 aliphatic rings. The molecule has 5 rings (SSSR count). The third-order valence-corrected chi connectivity index (χ3v) is 6.86. The predicted octanol–water partition coefficient (Wildman–Crippen LogP) is 1.31. The first-order chi connectivity index (χ1) is 15.1. The highest BCUT2D eigenvalue weighted by Crippen LogP contribution is 2.36. The Kier molecular flexibility index (Phi) is 5.12. The van der Waals surface area contributed by atoms with Gasteiger partial charge in [-0.1, -0.05) is 11.6 Å². The first-order valence-electron chi connectivity index (χ1n) is 10.3. The number of nitrogens with zero attached hydrogens (tertiary/aromatic N) is 3. The number of rotatable bonds is 2. The van der Waals surface area contributed by atoms with E-state index >= 15 is 0 Å². The topological polar surface area (TPSA) is 80.0 Å². The molecule has 4 aliphatic heterocycles. The van der Waals surface area contributed by atoms with Gasteiger partial charge < -0.3 is 10.2 Å². The Morgan fingerprint density at radius 3 is 2.44 bits per heavy atom. The number of fused-ring (bicyclic) bond motifs is 2. The summed E-state index contributed by atoms with van der Waals surface area (Å²) in [6.07, 6.45) is -3.86. The molecule has 0 saturated carbocycles. The van der Waals surface area contributed by atoms with Crippen LogP contribution in [0.1, 0.15) is 12.5 Å². The van der Waals surface area contributed by atoms with Gasteiger partial charge in [0.2, 0.25) is 5.91 Å². The highest BCUT2D eigenvalue weighted by Gasteiger charge is 2.46. The van der Waals surface area contributed by atoms with Crippen molar-refractivity contribution in [2.75, 3.05) is 31.2 Å². The third kappa shape index (κ3) is 3.72. The van der Waals surface area contributed by atoms with Gasteiger partial charge in [-0.05, 0) is 30.0 Å². The van der Waals surface area contributed by atoms with Gasteiger partial charge in [-0.15, -0.1) is 0 Å². The maximum atomic E-state index is 12.9. The first-order valence-corrected chi connectivity index (χ1v) is 10.7. The van der Waals surface area contributed by atoms with Crippen LogP contribution in [-0.2, 0) is 15.8 Å². The number of likely N-dealkylation sites (tertiary alicyclic amines) is 2. The highest BCUT2D eigenvalue weighted by atomic mass is 35.5. The lowest BCUT2D eigenvalue weighted by atomic mass is 10.0. The molecule has 8 nitrogen and oxygen atoms in total. The van der Waals surface area contributed by atoms with E-state index in [1.54, 1.807) is 6.92 Å². The van der Waals surface area contributed by atoms with Gasteiger partial charge in [0.1, 0.15) is 12.5 Å². The summed E-state index contributed by atoms with van der Waals surface area (Å²) in [7, 11) is 0. The SMILES string of the molecule is CC(=O)N1CC2CN(C3NC(=O)C4=CN(c5ccc(C(F)(F)F)cc5Cl)NC4N3)CC2C1. The van der Waals surface area contributed by atoms with Crippen molar-refractivity contribution in [1.29, 1.82) is 0 Å². The van der Waals surface area contributed by atoms with E-state index in [9.17, 15) is 22.8 Å². The van der Waals surface area contributed by atoms with Crippen molar-refractivity contribution in [2.24, 2.45) is 11.8 Å². The maximum absolute atomic E-state index is 12.9. The Labute approximate surface area is 187 Å². The molecule has 1 aromatic carbocycles. The van der Waals surface area contributed by atoms with Crippen molar-refractivity contribution >= 4 is 29.1 Å². The predicted molar refractivity (Wildman–Crippen MR) is 110 cm³/mol. The smallest absolute Gasteiger partial charge is 0.342 e. The van der Waals surface area contributed by atoms with Gasteiger partial charge in [0.25, 0.3) is 5.91 Å². The number of alkyl halides is 3. The molecule has 2 amide bonds. The van der Waals surface area contributed by atoms with Gasteiger partial charge in [-0.25, -0.2) is 5.43 Å². The fourth-order valence-electron chi connectivity index (χ4n) is 4.90. The lowest BCUT2D eigenvalue weighted by molar-refractivity contribution is -0.137. The first kappa shape index (κ1) is 21.5. The Morgan fingerprint density at radius 2 is 1.84 bits per heavy atom. The zero-order valence-corrected chi connectivity index (χ0v) is 17.9. The van der Waals surface area contributed by atoms with E-state index in [0.29, 0.717) is 23.1 Å². The summed E-state index contributed by atoms with van der Waals surface area (Å²) in [5.41, 5.74) is 2.98. The third-order valence-electron chi connectivity index (χ3n) is 6.56. The molecule has 32 heavy (non-hydrogen) atoms. The van der Waals surface area contributed by atoms with Gasteiger partial charge in [-0.2, -0.15) is 13.2 Å².